The van der Waals surface area contributed by atoms with Gasteiger partial charge in [0.25, 0.3) is 0 Å². The minimum Gasteiger partial charge on any atom is -0.368 e. The van der Waals surface area contributed by atoms with Crippen LogP contribution in [0, 0.1) is 5.92 Å². The molecule has 2 heterocycles. The molecular formula is C36H46ClN5O2. The Kier molecular flexibility index (Phi) is 10.6. The highest BCUT2D eigenvalue weighted by molar-refractivity contribution is 6.30. The Bertz CT molecular complexity index is 1420. The average molecular weight is 616 g/mol. The molecule has 7 nitrogen and oxygen atoms in total. The fourth-order valence-corrected chi connectivity index (χ4v) is 6.58. The third-order valence-electron chi connectivity index (χ3n) is 9.00. The van der Waals surface area contributed by atoms with Crippen molar-refractivity contribution in [3.8, 4) is 0 Å². The van der Waals surface area contributed by atoms with Crippen molar-refractivity contribution < 1.29 is 9.59 Å². The SMILES string of the molecule is CC(C)CN(C)C(C)c1ccccc1N1CCN(C(=O)C(Cc2ccc(Cl)cc2)NC(=O)C2Cc3ccccc3CN2)CC1. The van der Waals surface area contributed by atoms with Crippen LogP contribution in [0.4, 0.5) is 5.69 Å². The van der Waals surface area contributed by atoms with E-state index in [1.165, 1.54) is 22.4 Å². The van der Waals surface area contributed by atoms with Gasteiger partial charge in [-0.05, 0) is 66.8 Å². The number of nitrogens with one attached hydrogen (secondary N) is 2. The molecule has 1 fully saturated rings. The van der Waals surface area contributed by atoms with Gasteiger partial charge in [0.15, 0.2) is 0 Å². The number of benzene rings is 3. The fourth-order valence-electron chi connectivity index (χ4n) is 6.46. The fraction of sp³-hybridized carbons (Fsp3) is 0.444. The molecule has 3 unspecified atom stereocenters. The lowest BCUT2D eigenvalue weighted by atomic mass is 9.95. The standard InChI is InChI=1S/C36H46ClN5O2/c1-25(2)24-40(4)26(3)31-11-7-8-12-34(31)41-17-19-42(20-18-41)36(44)33(21-27-13-15-30(37)16-14-27)39-35(43)32-22-28-9-5-6-10-29(28)23-38-32/h5-16,25-26,32-33,38H,17-24H2,1-4H3,(H,39,43). The predicted molar refractivity (Wildman–Crippen MR) is 179 cm³/mol. The number of amides is 2. The van der Waals surface area contributed by atoms with Crippen LogP contribution in [0.1, 0.15) is 49.1 Å². The number of halogens is 1. The van der Waals surface area contributed by atoms with Crippen molar-refractivity contribution in [3.05, 3.63) is 100 Å². The van der Waals surface area contributed by atoms with E-state index in [0.717, 1.165) is 25.2 Å². The van der Waals surface area contributed by atoms with E-state index in [1.807, 2.05) is 41.3 Å². The van der Waals surface area contributed by atoms with Gasteiger partial charge in [-0.2, -0.15) is 0 Å². The van der Waals surface area contributed by atoms with Crippen molar-refractivity contribution in [2.45, 2.75) is 58.3 Å². The smallest absolute Gasteiger partial charge is 0.245 e. The third-order valence-corrected chi connectivity index (χ3v) is 9.25. The summed E-state index contributed by atoms with van der Waals surface area (Å²) in [6.07, 6.45) is 1.01. The van der Waals surface area contributed by atoms with E-state index in [-0.39, 0.29) is 23.9 Å². The molecular weight excluding hydrogens is 570 g/mol. The van der Waals surface area contributed by atoms with E-state index in [9.17, 15) is 9.59 Å². The number of fused-ring (bicyclic) bond motifs is 1. The molecule has 2 N–H and O–H groups in total. The van der Waals surface area contributed by atoms with Crippen molar-refractivity contribution in [3.63, 3.8) is 0 Å². The van der Waals surface area contributed by atoms with Crippen LogP contribution in [0.3, 0.4) is 0 Å². The second kappa shape index (κ2) is 14.6. The molecule has 0 aliphatic carbocycles. The molecule has 0 saturated carbocycles. The van der Waals surface area contributed by atoms with Crippen LogP contribution in [-0.2, 0) is 29.0 Å². The number of para-hydroxylation sites is 1. The highest BCUT2D eigenvalue weighted by Gasteiger charge is 2.32. The summed E-state index contributed by atoms with van der Waals surface area (Å²) in [5, 5.41) is 7.14. The van der Waals surface area contributed by atoms with Gasteiger partial charge in [0.1, 0.15) is 6.04 Å². The van der Waals surface area contributed by atoms with Crippen molar-refractivity contribution in [2.24, 2.45) is 5.92 Å². The zero-order chi connectivity index (χ0) is 31.2. The van der Waals surface area contributed by atoms with Crippen molar-refractivity contribution >= 4 is 29.1 Å². The van der Waals surface area contributed by atoms with E-state index in [4.69, 9.17) is 11.6 Å². The summed E-state index contributed by atoms with van der Waals surface area (Å²) in [7, 11) is 2.19. The molecule has 0 radical (unpaired) electrons. The van der Waals surface area contributed by atoms with E-state index >= 15 is 0 Å². The first-order chi connectivity index (χ1) is 21.2. The quantitative estimate of drug-likeness (QED) is 0.333. The molecule has 44 heavy (non-hydrogen) atoms. The summed E-state index contributed by atoms with van der Waals surface area (Å²) in [4.78, 5) is 34.3. The second-order valence-corrected chi connectivity index (χ2v) is 13.1. The zero-order valence-corrected chi connectivity index (χ0v) is 27.2. The van der Waals surface area contributed by atoms with E-state index in [1.54, 1.807) is 0 Å². The first-order valence-corrected chi connectivity index (χ1v) is 16.2. The van der Waals surface area contributed by atoms with E-state index in [2.05, 4.69) is 84.7 Å². The molecule has 3 aromatic rings. The Morgan fingerprint density at radius 1 is 0.932 bits per heavy atom. The van der Waals surface area contributed by atoms with Gasteiger partial charge in [-0.15, -0.1) is 0 Å². The molecule has 0 bridgehead atoms. The van der Waals surface area contributed by atoms with Crippen LogP contribution in [0.2, 0.25) is 5.02 Å². The molecule has 2 amide bonds. The summed E-state index contributed by atoms with van der Waals surface area (Å²) < 4.78 is 0. The van der Waals surface area contributed by atoms with Crippen molar-refractivity contribution in [1.82, 2.24) is 20.4 Å². The van der Waals surface area contributed by atoms with Crippen LogP contribution < -0.4 is 15.5 Å². The van der Waals surface area contributed by atoms with Gasteiger partial charge in [-0.1, -0.05) is 80.0 Å². The first-order valence-electron chi connectivity index (χ1n) is 15.9. The van der Waals surface area contributed by atoms with Crippen LogP contribution in [0.25, 0.3) is 0 Å². The zero-order valence-electron chi connectivity index (χ0n) is 26.4. The number of carbonyl (C=O) groups is 2. The largest absolute Gasteiger partial charge is 0.368 e. The normalized spacial score (nSPS) is 18.2. The molecule has 2 aliphatic heterocycles. The average Bonchev–Trinajstić information content (AvgIpc) is 3.04. The molecule has 234 valence electrons. The Morgan fingerprint density at radius 3 is 2.30 bits per heavy atom. The second-order valence-electron chi connectivity index (χ2n) is 12.7. The summed E-state index contributed by atoms with van der Waals surface area (Å²) >= 11 is 6.13. The monoisotopic (exact) mass is 615 g/mol. The van der Waals surface area contributed by atoms with Gasteiger partial charge < -0.3 is 20.4 Å². The minimum atomic E-state index is -0.661. The first kappa shape index (κ1) is 32.0. The van der Waals surface area contributed by atoms with E-state index in [0.29, 0.717) is 43.4 Å². The van der Waals surface area contributed by atoms with Crippen molar-refractivity contribution in [2.75, 3.05) is 44.7 Å². The van der Waals surface area contributed by atoms with Gasteiger partial charge >= 0.3 is 0 Å². The van der Waals surface area contributed by atoms with Crippen LogP contribution in [0.5, 0.6) is 0 Å². The number of hydrogen-bond donors (Lipinski definition) is 2. The van der Waals surface area contributed by atoms with Crippen LogP contribution in [0.15, 0.2) is 72.8 Å². The Hall–Kier alpha value is -3.39. The molecule has 0 aromatic heterocycles. The summed E-state index contributed by atoms with van der Waals surface area (Å²) in [6.45, 7) is 11.1. The highest BCUT2D eigenvalue weighted by Crippen LogP contribution is 2.30. The van der Waals surface area contributed by atoms with Gasteiger partial charge in [-0.3, -0.25) is 14.5 Å². The molecule has 8 heteroatoms. The Morgan fingerprint density at radius 2 is 1.59 bits per heavy atom. The number of piperazine rings is 1. The molecule has 3 atom stereocenters. The summed E-state index contributed by atoms with van der Waals surface area (Å²) in [5.74, 6) is 0.413. The lowest BCUT2D eigenvalue weighted by Gasteiger charge is -2.39. The van der Waals surface area contributed by atoms with Crippen molar-refractivity contribution in [1.29, 1.82) is 0 Å². The predicted octanol–water partition coefficient (Wildman–Crippen LogP) is 5.08. The van der Waals surface area contributed by atoms with Crippen LogP contribution in [-0.4, -0.2) is 73.5 Å². The summed E-state index contributed by atoms with van der Waals surface area (Å²) in [5.41, 5.74) is 5.89. The Balaban J connectivity index is 1.27. The maximum atomic E-state index is 14.0. The molecule has 0 spiro atoms. The van der Waals surface area contributed by atoms with Gasteiger partial charge in [0.2, 0.25) is 11.8 Å². The third kappa shape index (κ3) is 7.81. The number of nitrogens with zero attached hydrogens (tertiary/aromatic N) is 3. The minimum absolute atomic E-state index is 0.0394. The molecule has 3 aromatic carbocycles. The number of hydrogen-bond acceptors (Lipinski definition) is 5. The number of rotatable bonds is 10. The number of carbonyl (C=O) groups excluding carboxylic acids is 2. The maximum Gasteiger partial charge on any atom is 0.245 e. The Labute approximate surface area is 267 Å². The molecule has 1 saturated heterocycles. The lowest BCUT2D eigenvalue weighted by Crippen LogP contribution is -2.58. The van der Waals surface area contributed by atoms with Gasteiger partial charge in [0, 0.05) is 62.4 Å². The molecule has 5 rings (SSSR count). The lowest BCUT2D eigenvalue weighted by molar-refractivity contribution is -0.137. The van der Waals surface area contributed by atoms with E-state index < -0.39 is 6.04 Å². The number of anilines is 1. The van der Waals surface area contributed by atoms with Gasteiger partial charge in [0.05, 0.1) is 6.04 Å². The van der Waals surface area contributed by atoms with Crippen LogP contribution >= 0.6 is 11.6 Å². The topological polar surface area (TPSA) is 67.9 Å². The van der Waals surface area contributed by atoms with Gasteiger partial charge in [-0.25, -0.2) is 0 Å². The molecule has 2 aliphatic rings. The summed E-state index contributed by atoms with van der Waals surface area (Å²) in [6, 6.07) is 23.6. The maximum absolute atomic E-state index is 14.0. The highest BCUT2D eigenvalue weighted by atomic mass is 35.5.